The van der Waals surface area contributed by atoms with Gasteiger partial charge in [0.15, 0.2) is 0 Å². The predicted octanol–water partition coefficient (Wildman–Crippen LogP) is 2.84. The Morgan fingerprint density at radius 2 is 2.03 bits per heavy atom. The molecule has 10 nitrogen and oxygen atoms in total. The Hall–Kier alpha value is -2.59. The summed E-state index contributed by atoms with van der Waals surface area (Å²) in [7, 11) is -2.53. The van der Waals surface area contributed by atoms with Gasteiger partial charge in [-0.3, -0.25) is 14.2 Å². The van der Waals surface area contributed by atoms with E-state index in [2.05, 4.69) is 10.1 Å². The number of ether oxygens (including phenoxy) is 1. The maximum Gasteiger partial charge on any atom is 0.325 e. The third-order valence-electron chi connectivity index (χ3n) is 6.02. The van der Waals surface area contributed by atoms with Crippen LogP contribution in [0, 0.1) is 12.8 Å². The van der Waals surface area contributed by atoms with Crippen molar-refractivity contribution in [1.29, 1.82) is 0 Å². The number of thiophene rings is 1. The number of hydrogen-bond donors (Lipinski definition) is 2. The largest absolute Gasteiger partial charge is 0.481 e. The van der Waals surface area contributed by atoms with Crippen LogP contribution in [0.3, 0.4) is 0 Å². The Kier molecular flexibility index (Phi) is 7.18. The van der Waals surface area contributed by atoms with Crippen LogP contribution in [0.2, 0.25) is 0 Å². The summed E-state index contributed by atoms with van der Waals surface area (Å²) in [4.78, 5) is 52.0. The molecule has 0 unspecified atom stereocenters. The fourth-order valence-corrected chi connectivity index (χ4v) is 5.80. The number of aromatic nitrogens is 3. The second-order valence-electron chi connectivity index (χ2n) is 8.58. The smallest absolute Gasteiger partial charge is 0.325 e. The molecule has 0 radical (unpaired) electrons. The summed E-state index contributed by atoms with van der Waals surface area (Å²) < 4.78 is 17.4. The summed E-state index contributed by atoms with van der Waals surface area (Å²) in [5.41, 5.74) is 0.541. The van der Waals surface area contributed by atoms with Crippen LogP contribution in [-0.4, -0.2) is 56.8 Å². The molecule has 0 bridgehead atoms. The van der Waals surface area contributed by atoms with Gasteiger partial charge < -0.3 is 19.4 Å². The van der Waals surface area contributed by atoms with Crippen molar-refractivity contribution in [2.45, 2.75) is 32.6 Å². The molecule has 3 aromatic heterocycles. The first kappa shape index (κ1) is 24.5. The van der Waals surface area contributed by atoms with E-state index in [1.54, 1.807) is 6.07 Å². The summed E-state index contributed by atoms with van der Waals surface area (Å²) in [5, 5.41) is 6.91. The van der Waals surface area contributed by atoms with Gasteiger partial charge in [-0.15, -0.1) is 11.3 Å². The Bertz CT molecular complexity index is 1310. The molecule has 34 heavy (non-hydrogen) atoms. The molecule has 0 amide bonds. The minimum Gasteiger partial charge on any atom is -0.481 e. The van der Waals surface area contributed by atoms with Crippen LogP contribution in [0.5, 0.6) is 5.88 Å². The maximum absolute atomic E-state index is 13.4. The van der Waals surface area contributed by atoms with E-state index in [4.69, 9.17) is 14.5 Å². The van der Waals surface area contributed by atoms with Crippen LogP contribution in [-0.2, 0) is 11.0 Å². The summed E-state index contributed by atoms with van der Waals surface area (Å²) in [6.45, 7) is 3.10. The van der Waals surface area contributed by atoms with Gasteiger partial charge in [0.25, 0.3) is 11.5 Å². The molecule has 0 saturated carbocycles. The zero-order valence-corrected chi connectivity index (χ0v) is 20.7. The number of methoxy groups -OCH3 is 1. The van der Waals surface area contributed by atoms with Crippen molar-refractivity contribution in [3.05, 3.63) is 44.5 Å². The Balaban J connectivity index is 1.63. The van der Waals surface area contributed by atoms with Gasteiger partial charge in [-0.2, -0.15) is 14.8 Å². The van der Waals surface area contributed by atoms with E-state index in [0.717, 1.165) is 28.0 Å². The van der Waals surface area contributed by atoms with Gasteiger partial charge in [0, 0.05) is 29.4 Å². The van der Waals surface area contributed by atoms with Gasteiger partial charge in [0.1, 0.15) is 5.82 Å². The molecule has 1 fully saturated rings. The minimum atomic E-state index is -4.02. The molecule has 0 aromatic carbocycles. The topological polar surface area (TPSA) is 135 Å². The molecule has 182 valence electrons. The fraction of sp³-hybridized carbons (Fsp3) is 0.455. The number of aryl methyl sites for hydroxylation is 1. The van der Waals surface area contributed by atoms with Gasteiger partial charge in [0.05, 0.1) is 31.3 Å². The standard InChI is InChI=1S/C22H27N4O6PS/c1-14-9-17(34-13-14)11-19(27)26-22(28)20-16(12-23-26)10-18(32-2)24-21(20)25-6-3-15(4-7-25)5-8-33(29,30)31/h9-10,12-13,15H,3-8,11H2,1-2H3,(H2,29,30,31). The molecule has 3 aromatic rings. The highest BCUT2D eigenvalue weighted by atomic mass is 32.1. The fourth-order valence-electron chi connectivity index (χ4n) is 4.23. The molecule has 1 aliphatic heterocycles. The zero-order chi connectivity index (χ0) is 24.5. The first-order valence-corrected chi connectivity index (χ1v) is 13.7. The number of carbonyl (C=O) groups excluding carboxylic acids is 1. The number of fused-ring (bicyclic) bond motifs is 1. The van der Waals surface area contributed by atoms with E-state index in [1.165, 1.54) is 24.6 Å². The molecule has 4 rings (SSSR count). The summed E-state index contributed by atoms with van der Waals surface area (Å²) >= 11 is 1.47. The van der Waals surface area contributed by atoms with Crippen molar-refractivity contribution in [3.8, 4) is 5.88 Å². The van der Waals surface area contributed by atoms with Crippen molar-refractivity contribution >= 4 is 41.4 Å². The minimum absolute atomic E-state index is 0.0841. The highest BCUT2D eigenvalue weighted by Crippen LogP contribution is 2.38. The molecule has 12 heteroatoms. The second-order valence-corrected chi connectivity index (χ2v) is 11.4. The van der Waals surface area contributed by atoms with Crippen molar-refractivity contribution < 1.29 is 23.9 Å². The third-order valence-corrected chi connectivity index (χ3v) is 7.92. The number of piperidine rings is 1. The van der Waals surface area contributed by atoms with Crippen molar-refractivity contribution in [2.75, 3.05) is 31.3 Å². The first-order chi connectivity index (χ1) is 16.1. The van der Waals surface area contributed by atoms with E-state index < -0.39 is 19.1 Å². The molecule has 0 atom stereocenters. The van der Waals surface area contributed by atoms with Gasteiger partial charge in [-0.25, -0.2) is 0 Å². The van der Waals surface area contributed by atoms with Crippen molar-refractivity contribution in [2.24, 2.45) is 5.92 Å². The van der Waals surface area contributed by atoms with E-state index >= 15 is 0 Å². The number of anilines is 1. The number of carbonyl (C=O) groups is 1. The quantitative estimate of drug-likeness (QED) is 0.464. The van der Waals surface area contributed by atoms with Gasteiger partial charge in [-0.1, -0.05) is 0 Å². The average molecular weight is 507 g/mol. The van der Waals surface area contributed by atoms with Crippen molar-refractivity contribution in [3.63, 3.8) is 0 Å². The Morgan fingerprint density at radius 1 is 1.29 bits per heavy atom. The van der Waals surface area contributed by atoms with Gasteiger partial charge in [-0.05, 0) is 49.1 Å². The lowest BCUT2D eigenvalue weighted by Crippen LogP contribution is -2.36. The van der Waals surface area contributed by atoms with Crippen LogP contribution in [0.4, 0.5) is 5.82 Å². The van der Waals surface area contributed by atoms with E-state index in [9.17, 15) is 14.2 Å². The first-order valence-electron chi connectivity index (χ1n) is 11.0. The molecule has 4 heterocycles. The summed E-state index contributed by atoms with van der Waals surface area (Å²) in [6, 6.07) is 3.54. The molecule has 2 N–H and O–H groups in total. The number of hydrogen-bond acceptors (Lipinski definition) is 8. The monoisotopic (exact) mass is 506 g/mol. The number of rotatable bonds is 7. The average Bonchev–Trinajstić information content (AvgIpc) is 3.21. The molecule has 1 saturated heterocycles. The predicted molar refractivity (Wildman–Crippen MR) is 130 cm³/mol. The third kappa shape index (κ3) is 5.55. The lowest BCUT2D eigenvalue weighted by Gasteiger charge is -2.33. The summed E-state index contributed by atoms with van der Waals surface area (Å²) in [6.07, 6.45) is 3.33. The van der Waals surface area contributed by atoms with Crippen LogP contribution < -0.4 is 15.2 Å². The second kappa shape index (κ2) is 9.95. The van der Waals surface area contributed by atoms with E-state index in [1.807, 2.05) is 23.3 Å². The van der Waals surface area contributed by atoms with E-state index in [-0.39, 0.29) is 18.5 Å². The van der Waals surface area contributed by atoms with Crippen molar-refractivity contribution in [1.82, 2.24) is 14.8 Å². The molecule has 0 aliphatic carbocycles. The molecule has 0 spiro atoms. The highest BCUT2D eigenvalue weighted by molar-refractivity contribution is 7.51. The van der Waals surface area contributed by atoms with Crippen LogP contribution in [0.25, 0.3) is 10.8 Å². The molecular weight excluding hydrogens is 479 g/mol. The highest BCUT2D eigenvalue weighted by Gasteiger charge is 2.26. The van der Waals surface area contributed by atoms with Crippen LogP contribution >= 0.6 is 18.9 Å². The number of pyridine rings is 1. The van der Waals surface area contributed by atoms with E-state index in [0.29, 0.717) is 42.0 Å². The Morgan fingerprint density at radius 3 is 2.65 bits per heavy atom. The zero-order valence-electron chi connectivity index (χ0n) is 19.0. The number of nitrogens with zero attached hydrogens (tertiary/aromatic N) is 4. The molecular formula is C22H27N4O6PS. The summed E-state index contributed by atoms with van der Waals surface area (Å²) in [5.74, 6) is 0.552. The normalized spacial score (nSPS) is 15.1. The maximum atomic E-state index is 13.4. The SMILES string of the molecule is COc1cc2cnn(C(=O)Cc3cc(C)cs3)c(=O)c2c(N2CCC(CCP(=O)(O)O)CC2)n1. The lowest BCUT2D eigenvalue weighted by atomic mass is 9.94. The Labute approximate surface area is 200 Å². The van der Waals surface area contributed by atoms with Gasteiger partial charge in [0.2, 0.25) is 5.88 Å². The van der Waals surface area contributed by atoms with Crippen LogP contribution in [0.1, 0.15) is 34.5 Å². The van der Waals surface area contributed by atoms with Gasteiger partial charge >= 0.3 is 7.60 Å². The lowest BCUT2D eigenvalue weighted by molar-refractivity contribution is 0.0893. The van der Waals surface area contributed by atoms with Crippen LogP contribution in [0.15, 0.2) is 28.5 Å². The molecule has 1 aliphatic rings.